The predicted molar refractivity (Wildman–Crippen MR) is 66.7 cm³/mol. The van der Waals surface area contributed by atoms with Crippen LogP contribution in [0, 0.1) is 0 Å². The first-order chi connectivity index (χ1) is 7.86. The van der Waals surface area contributed by atoms with E-state index < -0.39 is 0 Å². The fourth-order valence-electron chi connectivity index (χ4n) is 3.31. The minimum absolute atomic E-state index is 0.522. The lowest BCUT2D eigenvalue weighted by atomic mass is 9.89. The van der Waals surface area contributed by atoms with Crippen LogP contribution < -0.4 is 5.32 Å². The summed E-state index contributed by atoms with van der Waals surface area (Å²) in [5.41, 5.74) is 0. The maximum absolute atomic E-state index is 5.92. The van der Waals surface area contributed by atoms with E-state index in [4.69, 9.17) is 4.74 Å². The zero-order chi connectivity index (χ0) is 11.4. The second-order valence-corrected chi connectivity index (χ2v) is 5.12. The summed E-state index contributed by atoms with van der Waals surface area (Å²) in [6.45, 7) is 5.47. The lowest BCUT2D eigenvalue weighted by Gasteiger charge is -2.47. The average Bonchev–Trinajstić information content (AvgIpc) is 2.35. The lowest BCUT2D eigenvalue weighted by Crippen LogP contribution is -2.57. The summed E-state index contributed by atoms with van der Waals surface area (Å²) in [7, 11) is 2.06. The first-order valence-corrected chi connectivity index (χ1v) is 6.88. The Balaban J connectivity index is 2.00. The molecule has 1 aliphatic heterocycles. The summed E-state index contributed by atoms with van der Waals surface area (Å²) >= 11 is 0. The summed E-state index contributed by atoms with van der Waals surface area (Å²) in [4.78, 5) is 2.71. The monoisotopic (exact) mass is 226 g/mol. The number of ether oxygens (including phenoxy) is 1. The van der Waals surface area contributed by atoms with Crippen molar-refractivity contribution in [1.82, 2.24) is 10.2 Å². The third kappa shape index (κ3) is 2.58. The average molecular weight is 226 g/mol. The Hall–Kier alpha value is -0.120. The largest absolute Gasteiger partial charge is 0.375 e. The van der Waals surface area contributed by atoms with Crippen LogP contribution in [0.2, 0.25) is 0 Å². The van der Waals surface area contributed by atoms with Crippen molar-refractivity contribution < 1.29 is 4.74 Å². The second kappa shape index (κ2) is 5.99. The van der Waals surface area contributed by atoms with Crippen molar-refractivity contribution in [2.75, 3.05) is 26.7 Å². The summed E-state index contributed by atoms with van der Waals surface area (Å²) in [6.07, 6.45) is 7.12. The Kier molecular flexibility index (Phi) is 4.62. The number of fused-ring (bicyclic) bond motifs is 1. The van der Waals surface area contributed by atoms with Gasteiger partial charge in [-0.1, -0.05) is 19.8 Å². The normalized spacial score (nSPS) is 33.4. The fraction of sp³-hybridized carbons (Fsp3) is 1.00. The molecule has 3 heteroatoms. The van der Waals surface area contributed by atoms with Crippen molar-refractivity contribution >= 4 is 0 Å². The van der Waals surface area contributed by atoms with Crippen LogP contribution in [-0.2, 0) is 4.74 Å². The van der Waals surface area contributed by atoms with Gasteiger partial charge in [0.15, 0.2) is 0 Å². The molecule has 1 heterocycles. The number of morpholine rings is 1. The Bertz CT molecular complexity index is 208. The van der Waals surface area contributed by atoms with Crippen LogP contribution in [0.5, 0.6) is 0 Å². The van der Waals surface area contributed by atoms with E-state index in [9.17, 15) is 0 Å². The summed E-state index contributed by atoms with van der Waals surface area (Å²) in [6, 6.07) is 1.39. The number of nitrogens with one attached hydrogen (secondary N) is 1. The highest BCUT2D eigenvalue weighted by molar-refractivity contribution is 4.90. The molecule has 16 heavy (non-hydrogen) atoms. The van der Waals surface area contributed by atoms with Gasteiger partial charge in [0.1, 0.15) is 0 Å². The first kappa shape index (κ1) is 12.3. The van der Waals surface area contributed by atoms with E-state index in [-0.39, 0.29) is 0 Å². The third-order valence-corrected chi connectivity index (χ3v) is 4.16. The van der Waals surface area contributed by atoms with Crippen LogP contribution in [0.4, 0.5) is 0 Å². The van der Waals surface area contributed by atoms with E-state index in [1.165, 1.54) is 32.1 Å². The van der Waals surface area contributed by atoms with Gasteiger partial charge in [-0.2, -0.15) is 0 Å². The van der Waals surface area contributed by atoms with Crippen LogP contribution in [0.3, 0.4) is 0 Å². The zero-order valence-electron chi connectivity index (χ0n) is 10.7. The lowest BCUT2D eigenvalue weighted by molar-refractivity contribution is -0.102. The molecule has 0 spiro atoms. The number of likely N-dealkylation sites (N-methyl/N-ethyl adjacent to an activating group) is 1. The molecule has 3 unspecified atom stereocenters. The molecule has 0 bridgehead atoms. The minimum Gasteiger partial charge on any atom is -0.375 e. The van der Waals surface area contributed by atoms with Gasteiger partial charge in [0, 0.05) is 25.2 Å². The van der Waals surface area contributed by atoms with Gasteiger partial charge in [-0.25, -0.2) is 0 Å². The standard InChI is InChI=1S/C13H26N2O/c1-3-11(10-14-2)15-8-9-16-13-7-5-4-6-12(13)15/h11-14H,3-10H2,1-2H3. The second-order valence-electron chi connectivity index (χ2n) is 5.12. The molecule has 1 N–H and O–H groups in total. The number of rotatable bonds is 4. The molecule has 3 nitrogen and oxygen atoms in total. The molecule has 2 fully saturated rings. The van der Waals surface area contributed by atoms with Crippen LogP contribution in [0.1, 0.15) is 39.0 Å². The van der Waals surface area contributed by atoms with Gasteiger partial charge >= 0.3 is 0 Å². The fourth-order valence-corrected chi connectivity index (χ4v) is 3.31. The van der Waals surface area contributed by atoms with Crippen molar-refractivity contribution in [1.29, 1.82) is 0 Å². The molecule has 1 aliphatic carbocycles. The van der Waals surface area contributed by atoms with E-state index in [0.717, 1.165) is 19.7 Å². The van der Waals surface area contributed by atoms with E-state index in [2.05, 4.69) is 24.2 Å². The van der Waals surface area contributed by atoms with Gasteiger partial charge in [-0.3, -0.25) is 4.90 Å². The first-order valence-electron chi connectivity index (χ1n) is 6.88. The molecule has 0 aromatic carbocycles. The van der Waals surface area contributed by atoms with Crippen LogP contribution in [0.25, 0.3) is 0 Å². The molecule has 2 aliphatic rings. The number of nitrogens with zero attached hydrogens (tertiary/aromatic N) is 1. The Morgan fingerprint density at radius 1 is 1.38 bits per heavy atom. The molecule has 1 saturated carbocycles. The Labute approximate surface area is 99.5 Å². The van der Waals surface area contributed by atoms with Gasteiger partial charge < -0.3 is 10.1 Å². The molecule has 2 rings (SSSR count). The summed E-state index contributed by atoms with van der Waals surface area (Å²) < 4.78 is 5.92. The molecule has 1 saturated heterocycles. The Morgan fingerprint density at radius 2 is 2.19 bits per heavy atom. The maximum Gasteiger partial charge on any atom is 0.0731 e. The number of hydrogen-bond acceptors (Lipinski definition) is 3. The van der Waals surface area contributed by atoms with Crippen molar-refractivity contribution in [2.45, 2.75) is 57.2 Å². The zero-order valence-corrected chi connectivity index (χ0v) is 10.7. The molecular formula is C13H26N2O. The van der Waals surface area contributed by atoms with E-state index >= 15 is 0 Å². The minimum atomic E-state index is 0.522. The van der Waals surface area contributed by atoms with Crippen LogP contribution in [-0.4, -0.2) is 49.8 Å². The van der Waals surface area contributed by atoms with Gasteiger partial charge in [-0.15, -0.1) is 0 Å². The highest BCUT2D eigenvalue weighted by atomic mass is 16.5. The quantitative estimate of drug-likeness (QED) is 0.788. The van der Waals surface area contributed by atoms with Crippen molar-refractivity contribution in [3.8, 4) is 0 Å². The van der Waals surface area contributed by atoms with Gasteiger partial charge in [0.2, 0.25) is 0 Å². The molecule has 0 radical (unpaired) electrons. The summed E-state index contributed by atoms with van der Waals surface area (Å²) in [5, 5.41) is 3.33. The number of hydrogen-bond donors (Lipinski definition) is 1. The van der Waals surface area contributed by atoms with Crippen LogP contribution in [0.15, 0.2) is 0 Å². The van der Waals surface area contributed by atoms with E-state index in [1.54, 1.807) is 0 Å². The van der Waals surface area contributed by atoms with Crippen molar-refractivity contribution in [3.63, 3.8) is 0 Å². The van der Waals surface area contributed by atoms with Crippen molar-refractivity contribution in [2.24, 2.45) is 0 Å². The SMILES string of the molecule is CCC(CNC)N1CCOC2CCCCC21. The molecule has 94 valence electrons. The third-order valence-electron chi connectivity index (χ3n) is 4.16. The molecule has 3 atom stereocenters. The van der Waals surface area contributed by atoms with Crippen LogP contribution >= 0.6 is 0 Å². The highest BCUT2D eigenvalue weighted by Gasteiger charge is 2.36. The molecule has 0 amide bonds. The van der Waals surface area contributed by atoms with E-state index in [1.807, 2.05) is 0 Å². The highest BCUT2D eigenvalue weighted by Crippen LogP contribution is 2.30. The molecular weight excluding hydrogens is 200 g/mol. The van der Waals surface area contributed by atoms with Crippen molar-refractivity contribution in [3.05, 3.63) is 0 Å². The topological polar surface area (TPSA) is 24.5 Å². The molecule has 0 aromatic rings. The van der Waals surface area contributed by atoms with Gasteiger partial charge in [-0.05, 0) is 26.3 Å². The van der Waals surface area contributed by atoms with Gasteiger partial charge in [0.05, 0.1) is 12.7 Å². The van der Waals surface area contributed by atoms with E-state index in [0.29, 0.717) is 18.2 Å². The Morgan fingerprint density at radius 3 is 2.94 bits per heavy atom. The van der Waals surface area contributed by atoms with Gasteiger partial charge in [0.25, 0.3) is 0 Å². The smallest absolute Gasteiger partial charge is 0.0731 e. The maximum atomic E-state index is 5.92. The molecule has 0 aromatic heterocycles. The summed E-state index contributed by atoms with van der Waals surface area (Å²) in [5.74, 6) is 0. The predicted octanol–water partition coefficient (Wildman–Crippen LogP) is 1.63.